The van der Waals surface area contributed by atoms with Gasteiger partial charge in [-0.25, -0.2) is 0 Å². The second-order valence-electron chi connectivity index (χ2n) is 3.65. The average molecular weight is 246 g/mol. The maximum Gasteiger partial charge on any atom is 0.417 e. The van der Waals surface area contributed by atoms with Crippen molar-refractivity contribution in [2.45, 2.75) is 26.9 Å². The third-order valence-electron chi connectivity index (χ3n) is 2.30. The van der Waals surface area contributed by atoms with Gasteiger partial charge in [0.1, 0.15) is 5.75 Å². The van der Waals surface area contributed by atoms with E-state index in [4.69, 9.17) is 4.74 Å². The lowest BCUT2D eigenvalue weighted by atomic mass is 10.0. The monoisotopic (exact) mass is 246 g/mol. The van der Waals surface area contributed by atoms with Crippen LogP contribution in [-0.4, -0.2) is 12.4 Å². The molecule has 0 saturated heterocycles. The van der Waals surface area contributed by atoms with Crippen LogP contribution in [0, 0.1) is 6.92 Å². The van der Waals surface area contributed by atoms with Crippen LogP contribution >= 0.6 is 0 Å². The van der Waals surface area contributed by atoms with E-state index in [1.165, 1.54) is 6.92 Å². The van der Waals surface area contributed by atoms with Crippen LogP contribution in [-0.2, 0) is 6.18 Å². The zero-order valence-corrected chi connectivity index (χ0v) is 9.81. The zero-order valence-electron chi connectivity index (χ0n) is 9.81. The van der Waals surface area contributed by atoms with Crippen molar-refractivity contribution in [2.75, 3.05) is 6.61 Å². The third kappa shape index (κ3) is 2.99. The van der Waals surface area contributed by atoms with Gasteiger partial charge in [0, 0.05) is 5.56 Å². The molecule has 0 spiro atoms. The van der Waals surface area contributed by atoms with E-state index in [1.807, 2.05) is 0 Å². The molecule has 0 aliphatic rings. The Labute approximate surface area is 97.4 Å². The highest BCUT2D eigenvalue weighted by molar-refractivity contribution is 5.96. The number of benzene rings is 1. The van der Waals surface area contributed by atoms with Gasteiger partial charge in [0.05, 0.1) is 12.2 Å². The van der Waals surface area contributed by atoms with E-state index in [9.17, 15) is 18.0 Å². The van der Waals surface area contributed by atoms with Crippen molar-refractivity contribution in [2.24, 2.45) is 0 Å². The molecule has 0 aliphatic carbocycles. The van der Waals surface area contributed by atoms with Crippen LogP contribution in [0.4, 0.5) is 13.2 Å². The van der Waals surface area contributed by atoms with Crippen molar-refractivity contribution in [1.29, 1.82) is 0 Å². The van der Waals surface area contributed by atoms with E-state index in [0.29, 0.717) is 17.9 Å². The van der Waals surface area contributed by atoms with E-state index in [2.05, 4.69) is 0 Å². The number of alkyl halides is 3. The van der Waals surface area contributed by atoms with Gasteiger partial charge in [0.25, 0.3) is 0 Å². The molecule has 2 nitrogen and oxygen atoms in total. The number of ether oxygens (including phenoxy) is 1. The van der Waals surface area contributed by atoms with Crippen molar-refractivity contribution in [1.82, 2.24) is 0 Å². The van der Waals surface area contributed by atoms with Gasteiger partial charge >= 0.3 is 6.18 Å². The van der Waals surface area contributed by atoms with Crippen LogP contribution in [0.25, 0.3) is 0 Å². The molecule has 0 saturated carbocycles. The molecule has 0 aromatic heterocycles. The largest absolute Gasteiger partial charge is 0.494 e. The molecule has 0 unspecified atom stereocenters. The van der Waals surface area contributed by atoms with Crippen molar-refractivity contribution in [3.8, 4) is 5.75 Å². The summed E-state index contributed by atoms with van der Waals surface area (Å²) in [5.41, 5.74) is -0.901. The number of hydrogen-bond acceptors (Lipinski definition) is 2. The fourth-order valence-corrected chi connectivity index (χ4v) is 1.52. The molecule has 17 heavy (non-hydrogen) atoms. The molecule has 0 bridgehead atoms. The fourth-order valence-electron chi connectivity index (χ4n) is 1.52. The number of hydrogen-bond donors (Lipinski definition) is 0. The lowest BCUT2D eigenvalue weighted by Crippen LogP contribution is -2.13. The summed E-state index contributed by atoms with van der Waals surface area (Å²) < 4.78 is 43.3. The lowest BCUT2D eigenvalue weighted by molar-refractivity contribution is -0.138. The number of carbonyl (C=O) groups excluding carboxylic acids is 1. The number of rotatable bonds is 3. The Morgan fingerprint density at radius 1 is 1.35 bits per heavy atom. The number of carbonyl (C=O) groups is 1. The number of ketones is 1. The number of halogens is 3. The molecular formula is C12H13F3O2. The van der Waals surface area contributed by atoms with E-state index >= 15 is 0 Å². The summed E-state index contributed by atoms with van der Waals surface area (Å²) in [6.07, 6.45) is -4.53. The fraction of sp³-hybridized carbons (Fsp3) is 0.417. The van der Waals surface area contributed by atoms with E-state index in [-0.39, 0.29) is 5.56 Å². The molecule has 0 amide bonds. The van der Waals surface area contributed by atoms with Crippen molar-refractivity contribution in [3.63, 3.8) is 0 Å². The maximum absolute atomic E-state index is 12.7. The summed E-state index contributed by atoms with van der Waals surface area (Å²) in [6, 6.07) is 2.10. The zero-order chi connectivity index (χ0) is 13.2. The van der Waals surface area contributed by atoms with Crippen molar-refractivity contribution >= 4 is 5.78 Å². The maximum atomic E-state index is 12.7. The lowest BCUT2D eigenvalue weighted by Gasteiger charge is -2.15. The molecule has 0 fully saturated rings. The highest BCUT2D eigenvalue weighted by atomic mass is 19.4. The second kappa shape index (κ2) is 4.77. The Morgan fingerprint density at radius 3 is 2.35 bits per heavy atom. The Morgan fingerprint density at radius 2 is 1.94 bits per heavy atom. The van der Waals surface area contributed by atoms with Gasteiger partial charge in [-0.05, 0) is 38.5 Å². The predicted molar refractivity (Wildman–Crippen MR) is 57.4 cm³/mol. The van der Waals surface area contributed by atoms with Gasteiger partial charge in [-0.3, -0.25) is 4.79 Å². The Bertz CT molecular complexity index is 436. The van der Waals surface area contributed by atoms with Crippen molar-refractivity contribution in [3.05, 3.63) is 28.8 Å². The van der Waals surface area contributed by atoms with Crippen LogP contribution in [0.15, 0.2) is 12.1 Å². The smallest absolute Gasteiger partial charge is 0.417 e. The predicted octanol–water partition coefficient (Wildman–Crippen LogP) is 3.62. The highest BCUT2D eigenvalue weighted by Crippen LogP contribution is 2.35. The molecule has 0 N–H and O–H groups in total. The first kappa shape index (κ1) is 13.5. The van der Waals surface area contributed by atoms with Gasteiger partial charge in [-0.2, -0.15) is 13.2 Å². The molecule has 1 aromatic carbocycles. The molecule has 0 aliphatic heterocycles. The van der Waals surface area contributed by atoms with Crippen LogP contribution in [0.1, 0.15) is 35.3 Å². The SMILES string of the molecule is CCOc1cc(C(C)=O)c(C(F)(F)F)cc1C. The number of aryl methyl sites for hydroxylation is 1. The molecule has 5 heteroatoms. The molecule has 94 valence electrons. The van der Waals surface area contributed by atoms with Crippen LogP contribution in [0.2, 0.25) is 0 Å². The quantitative estimate of drug-likeness (QED) is 0.761. The van der Waals surface area contributed by atoms with Gasteiger partial charge < -0.3 is 4.74 Å². The van der Waals surface area contributed by atoms with Gasteiger partial charge in [-0.15, -0.1) is 0 Å². The summed E-state index contributed by atoms with van der Waals surface area (Å²) in [7, 11) is 0. The first-order chi connectivity index (χ1) is 7.77. The molecule has 0 radical (unpaired) electrons. The summed E-state index contributed by atoms with van der Waals surface area (Å²) >= 11 is 0. The first-order valence-electron chi connectivity index (χ1n) is 5.13. The second-order valence-corrected chi connectivity index (χ2v) is 3.65. The Hall–Kier alpha value is -1.52. The van der Waals surface area contributed by atoms with Gasteiger partial charge in [0.2, 0.25) is 0 Å². The normalized spacial score (nSPS) is 11.4. The van der Waals surface area contributed by atoms with Crippen LogP contribution in [0.5, 0.6) is 5.75 Å². The molecule has 0 heterocycles. The number of Topliss-reactive ketones (excluding diaryl/α,β-unsaturated/α-hetero) is 1. The minimum absolute atomic E-state index is 0.311. The Balaban J connectivity index is 3.41. The van der Waals surface area contributed by atoms with Gasteiger partial charge in [-0.1, -0.05) is 0 Å². The van der Waals surface area contributed by atoms with Crippen LogP contribution in [0.3, 0.4) is 0 Å². The van der Waals surface area contributed by atoms with E-state index < -0.39 is 17.5 Å². The minimum Gasteiger partial charge on any atom is -0.494 e. The molecular weight excluding hydrogens is 233 g/mol. The molecule has 1 rings (SSSR count). The molecule has 1 aromatic rings. The summed E-state index contributed by atoms with van der Waals surface area (Å²) in [4.78, 5) is 11.2. The van der Waals surface area contributed by atoms with Crippen molar-refractivity contribution < 1.29 is 22.7 Å². The van der Waals surface area contributed by atoms with Crippen LogP contribution < -0.4 is 4.74 Å². The molecule has 0 atom stereocenters. The topological polar surface area (TPSA) is 26.3 Å². The standard InChI is InChI=1S/C12H13F3O2/c1-4-17-11-6-9(8(3)16)10(5-7(11)2)12(13,14)15/h5-6H,4H2,1-3H3. The summed E-state index contributed by atoms with van der Waals surface area (Å²) in [6.45, 7) is 4.69. The third-order valence-corrected chi connectivity index (χ3v) is 2.30. The van der Waals surface area contributed by atoms with E-state index in [1.54, 1.807) is 6.92 Å². The average Bonchev–Trinajstić information content (AvgIpc) is 2.19. The first-order valence-corrected chi connectivity index (χ1v) is 5.13. The summed E-state index contributed by atoms with van der Waals surface area (Å²) in [5, 5.41) is 0. The highest BCUT2D eigenvalue weighted by Gasteiger charge is 2.35. The minimum atomic E-state index is -4.53. The Kier molecular flexibility index (Phi) is 3.80. The summed E-state index contributed by atoms with van der Waals surface area (Å²) in [5.74, 6) is -0.316. The van der Waals surface area contributed by atoms with Gasteiger partial charge in [0.15, 0.2) is 5.78 Å². The van der Waals surface area contributed by atoms with E-state index in [0.717, 1.165) is 19.1 Å².